The molecule has 2 heterocycles. The van der Waals surface area contributed by atoms with Crippen LogP contribution < -0.4 is 11.3 Å². The summed E-state index contributed by atoms with van der Waals surface area (Å²) in [6.45, 7) is 9.49. The van der Waals surface area contributed by atoms with Crippen molar-refractivity contribution < 1.29 is 9.53 Å². The predicted octanol–water partition coefficient (Wildman–Crippen LogP) is 1.14. The first-order valence-electron chi connectivity index (χ1n) is 7.11. The lowest BCUT2D eigenvalue weighted by atomic mass is 10.1. The highest BCUT2D eigenvalue weighted by Crippen LogP contribution is 2.21. The summed E-state index contributed by atoms with van der Waals surface area (Å²) in [5, 5.41) is 0. The maximum absolute atomic E-state index is 12.7. The fourth-order valence-corrected chi connectivity index (χ4v) is 2.28. The summed E-state index contributed by atoms with van der Waals surface area (Å²) >= 11 is 0. The van der Waals surface area contributed by atoms with Crippen molar-refractivity contribution in [1.82, 2.24) is 14.9 Å². The molecule has 0 bridgehead atoms. The van der Waals surface area contributed by atoms with Crippen molar-refractivity contribution in [2.75, 3.05) is 25.1 Å². The number of nitrogens with two attached hydrogens (primary N) is 1. The molecule has 0 aliphatic carbocycles. The van der Waals surface area contributed by atoms with Gasteiger partial charge in [0, 0.05) is 19.0 Å². The lowest BCUT2D eigenvalue weighted by molar-refractivity contribution is -0.0764. The molecule has 7 nitrogen and oxygen atoms in total. The average molecular weight is 293 g/mol. The molecule has 1 amide bonds. The molecule has 0 unspecified atom stereocenters. The van der Waals surface area contributed by atoms with Crippen molar-refractivity contribution in [1.29, 1.82) is 0 Å². The monoisotopic (exact) mass is 293 g/mol. The topological polar surface area (TPSA) is 93.4 Å². The predicted molar refractivity (Wildman–Crippen MR) is 79.9 cm³/mol. The fraction of sp³-hybridized carbons (Fsp3) is 0.643. The highest BCUT2D eigenvalue weighted by Gasteiger charge is 2.32. The van der Waals surface area contributed by atoms with E-state index in [0.29, 0.717) is 36.9 Å². The van der Waals surface area contributed by atoms with Crippen molar-refractivity contribution in [2.45, 2.75) is 39.2 Å². The minimum absolute atomic E-state index is 0.143. The zero-order valence-corrected chi connectivity index (χ0v) is 13.0. The molecular formula is C14H23N5O2. The number of nitrogens with zero attached hydrogens (tertiary/aromatic N) is 3. The molecule has 0 saturated carbocycles. The molecule has 1 saturated heterocycles. The summed E-state index contributed by atoms with van der Waals surface area (Å²) in [7, 11) is 0. The number of anilines is 1. The van der Waals surface area contributed by atoms with Crippen molar-refractivity contribution in [3.8, 4) is 0 Å². The van der Waals surface area contributed by atoms with Gasteiger partial charge in [-0.1, -0.05) is 13.8 Å². The van der Waals surface area contributed by atoms with Crippen LogP contribution in [0.2, 0.25) is 0 Å². The maximum atomic E-state index is 12.7. The Morgan fingerprint density at radius 3 is 2.81 bits per heavy atom. The van der Waals surface area contributed by atoms with Crippen molar-refractivity contribution >= 4 is 11.6 Å². The van der Waals surface area contributed by atoms with Gasteiger partial charge in [0.05, 0.1) is 24.1 Å². The van der Waals surface area contributed by atoms with Gasteiger partial charge in [-0.15, -0.1) is 0 Å². The van der Waals surface area contributed by atoms with E-state index in [2.05, 4.69) is 15.4 Å². The van der Waals surface area contributed by atoms with E-state index < -0.39 is 0 Å². The first-order valence-corrected chi connectivity index (χ1v) is 7.11. The molecule has 21 heavy (non-hydrogen) atoms. The molecule has 1 aliphatic rings. The Morgan fingerprint density at radius 1 is 1.52 bits per heavy atom. The second-order valence-electron chi connectivity index (χ2n) is 6.12. The molecule has 3 N–H and O–H groups in total. The van der Waals surface area contributed by atoms with Crippen LogP contribution >= 0.6 is 0 Å². The summed E-state index contributed by atoms with van der Waals surface area (Å²) in [5.74, 6) is 6.10. The number of nitrogens with one attached hydrogen (secondary N) is 1. The Labute approximate surface area is 124 Å². The van der Waals surface area contributed by atoms with Gasteiger partial charge in [0.15, 0.2) is 5.69 Å². The van der Waals surface area contributed by atoms with E-state index in [1.165, 1.54) is 0 Å². The highest BCUT2D eigenvalue weighted by atomic mass is 16.5. The molecular weight excluding hydrogens is 270 g/mol. The second-order valence-corrected chi connectivity index (χ2v) is 6.12. The number of nitrogen functional groups attached to an aromatic ring is 1. The minimum Gasteiger partial charge on any atom is -0.372 e. The first kappa shape index (κ1) is 15.7. The number of rotatable bonds is 3. The molecule has 116 valence electrons. The maximum Gasteiger partial charge on any atom is 0.274 e. The summed E-state index contributed by atoms with van der Waals surface area (Å²) in [6, 6.07) is 0. The Hall–Kier alpha value is -1.73. The van der Waals surface area contributed by atoms with Gasteiger partial charge in [0.25, 0.3) is 5.91 Å². The number of morpholine rings is 1. The number of ether oxygens (including phenoxy) is 1. The third-order valence-corrected chi connectivity index (χ3v) is 3.39. The smallest absolute Gasteiger partial charge is 0.274 e. The summed E-state index contributed by atoms with van der Waals surface area (Å²) in [5.41, 5.74) is 2.90. The van der Waals surface area contributed by atoms with E-state index in [0.717, 1.165) is 0 Å². The van der Waals surface area contributed by atoms with Crippen LogP contribution in [0.1, 0.15) is 49.9 Å². The zero-order chi connectivity index (χ0) is 15.6. The molecule has 0 aromatic carbocycles. The number of carbonyl (C=O) groups is 1. The highest BCUT2D eigenvalue weighted by molar-refractivity contribution is 5.97. The van der Waals surface area contributed by atoms with E-state index >= 15 is 0 Å². The number of carbonyl (C=O) groups excluding carboxylic acids is 1. The number of hydrazine groups is 1. The largest absolute Gasteiger partial charge is 0.372 e. The van der Waals surface area contributed by atoms with E-state index in [4.69, 9.17) is 10.6 Å². The summed E-state index contributed by atoms with van der Waals surface area (Å²) < 4.78 is 5.63. The van der Waals surface area contributed by atoms with Crippen molar-refractivity contribution in [3.05, 3.63) is 17.7 Å². The van der Waals surface area contributed by atoms with Crippen LogP contribution in [0.3, 0.4) is 0 Å². The van der Waals surface area contributed by atoms with Crippen LogP contribution in [0.4, 0.5) is 5.69 Å². The molecule has 1 aromatic heterocycles. The van der Waals surface area contributed by atoms with E-state index in [9.17, 15) is 4.79 Å². The van der Waals surface area contributed by atoms with Crippen molar-refractivity contribution in [3.63, 3.8) is 0 Å². The molecule has 0 radical (unpaired) electrons. The summed E-state index contributed by atoms with van der Waals surface area (Å²) in [4.78, 5) is 23.1. The molecule has 1 aliphatic heterocycles. The lowest BCUT2D eigenvalue weighted by Gasteiger charge is -2.38. The van der Waals surface area contributed by atoms with Crippen LogP contribution in [-0.4, -0.2) is 46.1 Å². The van der Waals surface area contributed by atoms with Crippen molar-refractivity contribution in [2.24, 2.45) is 5.84 Å². The summed E-state index contributed by atoms with van der Waals surface area (Å²) in [6.07, 6.45) is 1.56. The minimum atomic E-state index is -0.349. The normalized spacial score (nSPS) is 17.9. The third kappa shape index (κ3) is 3.48. The van der Waals surface area contributed by atoms with Crippen LogP contribution in [0.15, 0.2) is 6.20 Å². The number of hydrogen-bond acceptors (Lipinski definition) is 6. The van der Waals surface area contributed by atoms with E-state index in [1.54, 1.807) is 11.1 Å². The van der Waals surface area contributed by atoms with Gasteiger partial charge in [-0.25, -0.2) is 9.97 Å². The van der Waals surface area contributed by atoms with Gasteiger partial charge < -0.3 is 15.1 Å². The molecule has 7 heteroatoms. The van der Waals surface area contributed by atoms with Gasteiger partial charge in [0.2, 0.25) is 0 Å². The molecule has 2 rings (SSSR count). The number of amides is 1. The quantitative estimate of drug-likeness (QED) is 0.641. The first-order chi connectivity index (χ1) is 9.84. The van der Waals surface area contributed by atoms with Crippen LogP contribution in [-0.2, 0) is 4.74 Å². The third-order valence-electron chi connectivity index (χ3n) is 3.39. The fourth-order valence-electron chi connectivity index (χ4n) is 2.28. The SMILES string of the molecule is CC(C)c1ncc(NN)c(C(=O)N2CCOC(C)(C)C2)n1. The van der Waals surface area contributed by atoms with E-state index in [-0.39, 0.29) is 17.4 Å². The molecule has 1 fully saturated rings. The number of hydrogen-bond donors (Lipinski definition) is 2. The van der Waals surface area contributed by atoms with E-state index in [1.807, 2.05) is 27.7 Å². The average Bonchev–Trinajstić information content (AvgIpc) is 2.44. The van der Waals surface area contributed by atoms with Crippen LogP contribution in [0, 0.1) is 0 Å². The Kier molecular flexibility index (Phi) is 4.43. The second kappa shape index (κ2) is 5.95. The van der Waals surface area contributed by atoms with Gasteiger partial charge >= 0.3 is 0 Å². The van der Waals surface area contributed by atoms with Gasteiger partial charge in [0.1, 0.15) is 5.82 Å². The van der Waals surface area contributed by atoms with Gasteiger partial charge in [-0.05, 0) is 13.8 Å². The Morgan fingerprint density at radius 2 is 2.24 bits per heavy atom. The zero-order valence-electron chi connectivity index (χ0n) is 13.0. The Balaban J connectivity index is 2.31. The number of aromatic nitrogens is 2. The molecule has 1 aromatic rings. The van der Waals surface area contributed by atoms with Crippen LogP contribution in [0.5, 0.6) is 0 Å². The van der Waals surface area contributed by atoms with Crippen LogP contribution in [0.25, 0.3) is 0 Å². The van der Waals surface area contributed by atoms with Gasteiger partial charge in [-0.3, -0.25) is 10.6 Å². The molecule has 0 spiro atoms. The Bertz CT molecular complexity index is 530. The lowest BCUT2D eigenvalue weighted by Crippen LogP contribution is -2.50. The standard InChI is InChI=1S/C14H23N5O2/c1-9(2)12-16-7-10(18-15)11(17-12)13(20)19-5-6-21-14(3,4)8-19/h7,9,18H,5-6,8,15H2,1-4H3. The van der Waals surface area contributed by atoms with Gasteiger partial charge in [-0.2, -0.15) is 0 Å². The molecule has 0 atom stereocenters.